The van der Waals surface area contributed by atoms with Crippen molar-refractivity contribution in [2.75, 3.05) is 26.4 Å². The lowest BCUT2D eigenvalue weighted by atomic mass is 10.4. The number of hydrogen-bond acceptors (Lipinski definition) is 5. The number of ether oxygens (including phenoxy) is 1. The second-order valence-corrected chi connectivity index (χ2v) is 5.01. The van der Waals surface area contributed by atoms with Crippen molar-refractivity contribution in [1.82, 2.24) is 10.3 Å². The van der Waals surface area contributed by atoms with E-state index >= 15 is 0 Å². The topological polar surface area (TPSA) is 54.4 Å². The van der Waals surface area contributed by atoms with Crippen LogP contribution in [0.4, 0.5) is 0 Å². The molecule has 0 amide bonds. The first-order valence-electron chi connectivity index (χ1n) is 5.77. The van der Waals surface area contributed by atoms with Crippen molar-refractivity contribution in [3.8, 4) is 0 Å². The maximum Gasteiger partial charge on any atom is 0.107 e. The van der Waals surface area contributed by atoms with Gasteiger partial charge in [0.25, 0.3) is 0 Å². The Bertz CT molecular complexity index is 306. The summed E-state index contributed by atoms with van der Waals surface area (Å²) in [4.78, 5) is 6.08. The quantitative estimate of drug-likeness (QED) is 0.692. The normalized spacial score (nSPS) is 14.3. The van der Waals surface area contributed by atoms with Crippen molar-refractivity contribution >= 4 is 11.3 Å². The first-order valence-corrected chi connectivity index (χ1v) is 6.58. The molecule has 0 unspecified atom stereocenters. The van der Waals surface area contributed by atoms with Gasteiger partial charge in [-0.1, -0.05) is 0 Å². The van der Waals surface area contributed by atoms with Gasteiger partial charge >= 0.3 is 0 Å². The largest absolute Gasteiger partial charge is 0.394 e. The minimum Gasteiger partial charge on any atom is -0.394 e. The van der Waals surface area contributed by atoms with Crippen molar-refractivity contribution in [3.63, 3.8) is 0 Å². The van der Waals surface area contributed by atoms with E-state index in [4.69, 9.17) is 9.84 Å². The van der Waals surface area contributed by atoms with E-state index in [-0.39, 0.29) is 6.61 Å². The third-order valence-electron chi connectivity index (χ3n) is 2.57. The summed E-state index contributed by atoms with van der Waals surface area (Å²) >= 11 is 1.84. The summed E-state index contributed by atoms with van der Waals surface area (Å²) < 4.78 is 5.15. The van der Waals surface area contributed by atoms with E-state index < -0.39 is 0 Å². The summed E-state index contributed by atoms with van der Waals surface area (Å²) in [6, 6.07) is 0. The molecule has 5 heteroatoms. The Morgan fingerprint density at radius 2 is 2.31 bits per heavy atom. The van der Waals surface area contributed by atoms with Crippen molar-refractivity contribution in [2.45, 2.75) is 25.8 Å². The third kappa shape index (κ3) is 3.25. The molecule has 90 valence electrons. The van der Waals surface area contributed by atoms with Crippen LogP contribution in [0, 0.1) is 0 Å². The van der Waals surface area contributed by atoms with Crippen LogP contribution in [0.2, 0.25) is 0 Å². The number of hydrogen-bond donors (Lipinski definition) is 2. The molecular weight excluding hydrogens is 224 g/mol. The van der Waals surface area contributed by atoms with Crippen LogP contribution in [-0.4, -0.2) is 36.5 Å². The highest BCUT2D eigenvalue weighted by molar-refractivity contribution is 7.11. The smallest absolute Gasteiger partial charge is 0.107 e. The van der Waals surface area contributed by atoms with E-state index in [1.165, 1.54) is 28.4 Å². The molecule has 1 heterocycles. The molecule has 1 aliphatic carbocycles. The van der Waals surface area contributed by atoms with Gasteiger partial charge in [0.05, 0.1) is 25.5 Å². The number of aromatic nitrogens is 1. The molecule has 16 heavy (non-hydrogen) atoms. The Kier molecular flexibility index (Phi) is 4.71. The standard InChI is InChI=1S/C11H18N2O2S/c14-5-7-15-6-4-12-8-11-13-9-2-1-3-10(9)16-11/h12,14H,1-8H2. The monoisotopic (exact) mass is 242 g/mol. The molecule has 0 aromatic carbocycles. The third-order valence-corrected chi connectivity index (χ3v) is 3.73. The van der Waals surface area contributed by atoms with Gasteiger partial charge in [0, 0.05) is 18.0 Å². The van der Waals surface area contributed by atoms with E-state index in [9.17, 15) is 0 Å². The van der Waals surface area contributed by atoms with Crippen LogP contribution in [0.5, 0.6) is 0 Å². The zero-order valence-corrected chi connectivity index (χ0v) is 10.2. The first-order chi connectivity index (χ1) is 7.90. The van der Waals surface area contributed by atoms with Gasteiger partial charge in [-0.05, 0) is 19.3 Å². The molecule has 1 aromatic heterocycles. The number of nitrogens with one attached hydrogen (secondary N) is 1. The fourth-order valence-corrected chi connectivity index (χ4v) is 2.95. The van der Waals surface area contributed by atoms with Gasteiger partial charge in [-0.25, -0.2) is 4.98 Å². The molecule has 2 rings (SSSR count). The Balaban J connectivity index is 1.62. The van der Waals surface area contributed by atoms with Crippen molar-refractivity contribution in [3.05, 3.63) is 15.6 Å². The SMILES string of the molecule is OCCOCCNCc1nc2c(s1)CCC2. The van der Waals surface area contributed by atoms with Crippen LogP contribution in [0.1, 0.15) is 22.0 Å². The zero-order valence-electron chi connectivity index (χ0n) is 9.37. The number of aliphatic hydroxyl groups is 1. The molecule has 1 aromatic rings. The van der Waals surface area contributed by atoms with Gasteiger partial charge in [-0.15, -0.1) is 11.3 Å². The molecule has 0 radical (unpaired) electrons. The Morgan fingerprint density at radius 3 is 3.12 bits per heavy atom. The first kappa shape index (κ1) is 12.0. The molecule has 0 aliphatic heterocycles. The van der Waals surface area contributed by atoms with E-state index in [2.05, 4.69) is 10.3 Å². The fraction of sp³-hybridized carbons (Fsp3) is 0.727. The molecule has 4 nitrogen and oxygen atoms in total. The van der Waals surface area contributed by atoms with Gasteiger partial charge < -0.3 is 15.2 Å². The molecular formula is C11H18N2O2S. The number of nitrogens with zero attached hydrogens (tertiary/aromatic N) is 1. The summed E-state index contributed by atoms with van der Waals surface area (Å²) in [5, 5.41) is 13.0. The van der Waals surface area contributed by atoms with Gasteiger partial charge in [0.1, 0.15) is 5.01 Å². The summed E-state index contributed by atoms with van der Waals surface area (Å²) in [6.07, 6.45) is 3.65. The average Bonchev–Trinajstić information content (AvgIpc) is 2.83. The molecule has 1 aliphatic rings. The Hall–Kier alpha value is -0.490. The number of fused-ring (bicyclic) bond motifs is 1. The van der Waals surface area contributed by atoms with Crippen LogP contribution < -0.4 is 5.32 Å². The van der Waals surface area contributed by atoms with Crippen LogP contribution in [-0.2, 0) is 24.1 Å². The van der Waals surface area contributed by atoms with Crippen LogP contribution in [0.3, 0.4) is 0 Å². The highest BCUT2D eigenvalue weighted by Gasteiger charge is 2.15. The number of aliphatic hydroxyl groups excluding tert-OH is 1. The molecule has 0 fully saturated rings. The zero-order chi connectivity index (χ0) is 11.2. The van der Waals surface area contributed by atoms with Gasteiger partial charge in [0.2, 0.25) is 0 Å². The molecule has 2 N–H and O–H groups in total. The van der Waals surface area contributed by atoms with Gasteiger partial charge in [-0.2, -0.15) is 0 Å². The van der Waals surface area contributed by atoms with Crippen LogP contribution >= 0.6 is 11.3 Å². The predicted octanol–water partition coefficient (Wildman–Crippen LogP) is 0.730. The minimum atomic E-state index is 0.0964. The molecule has 0 saturated carbocycles. The fourth-order valence-electron chi connectivity index (χ4n) is 1.83. The lowest BCUT2D eigenvalue weighted by Crippen LogP contribution is -2.19. The maximum absolute atomic E-state index is 8.51. The second kappa shape index (κ2) is 6.30. The number of rotatable bonds is 7. The molecule has 0 bridgehead atoms. The van der Waals surface area contributed by atoms with E-state index in [0.717, 1.165) is 19.5 Å². The lowest BCUT2D eigenvalue weighted by Gasteiger charge is -2.03. The summed E-state index contributed by atoms with van der Waals surface area (Å²) in [7, 11) is 0. The maximum atomic E-state index is 8.51. The highest BCUT2D eigenvalue weighted by atomic mass is 32.1. The van der Waals surface area contributed by atoms with Gasteiger partial charge in [-0.3, -0.25) is 0 Å². The van der Waals surface area contributed by atoms with E-state index in [0.29, 0.717) is 13.2 Å². The van der Waals surface area contributed by atoms with Crippen molar-refractivity contribution < 1.29 is 9.84 Å². The molecule has 0 atom stereocenters. The Labute approximate surface area is 99.7 Å². The van der Waals surface area contributed by atoms with Crippen molar-refractivity contribution in [1.29, 1.82) is 0 Å². The second-order valence-electron chi connectivity index (χ2n) is 3.84. The van der Waals surface area contributed by atoms with Crippen molar-refractivity contribution in [2.24, 2.45) is 0 Å². The number of thiazole rings is 1. The minimum absolute atomic E-state index is 0.0964. The predicted molar refractivity (Wildman–Crippen MR) is 63.8 cm³/mol. The van der Waals surface area contributed by atoms with E-state index in [1.54, 1.807) is 0 Å². The van der Waals surface area contributed by atoms with Crippen LogP contribution in [0.15, 0.2) is 0 Å². The van der Waals surface area contributed by atoms with Gasteiger partial charge in [0.15, 0.2) is 0 Å². The highest BCUT2D eigenvalue weighted by Crippen LogP contribution is 2.27. The summed E-state index contributed by atoms with van der Waals surface area (Å²) in [5.74, 6) is 0. The lowest BCUT2D eigenvalue weighted by molar-refractivity contribution is 0.0938. The average molecular weight is 242 g/mol. The van der Waals surface area contributed by atoms with Crippen LogP contribution in [0.25, 0.3) is 0 Å². The molecule has 0 spiro atoms. The Morgan fingerprint density at radius 1 is 1.38 bits per heavy atom. The summed E-state index contributed by atoms with van der Waals surface area (Å²) in [5.41, 5.74) is 1.32. The summed E-state index contributed by atoms with van der Waals surface area (Å²) in [6.45, 7) is 2.81. The van der Waals surface area contributed by atoms with E-state index in [1.807, 2.05) is 11.3 Å². The molecule has 0 saturated heterocycles. The number of aryl methyl sites for hydroxylation is 2.